The van der Waals surface area contributed by atoms with Crippen molar-refractivity contribution in [2.24, 2.45) is 0 Å². The predicted molar refractivity (Wildman–Crippen MR) is 63.1 cm³/mol. The summed E-state index contributed by atoms with van der Waals surface area (Å²) in [5.74, 6) is 0.868. The van der Waals surface area contributed by atoms with Crippen molar-refractivity contribution < 1.29 is 4.74 Å². The molecule has 1 heterocycles. The molecule has 84 valence electrons. The van der Waals surface area contributed by atoms with Crippen molar-refractivity contribution in [3.05, 3.63) is 48.3 Å². The van der Waals surface area contributed by atoms with Crippen molar-refractivity contribution in [2.45, 2.75) is 6.54 Å². The van der Waals surface area contributed by atoms with Gasteiger partial charge in [-0.3, -0.25) is 0 Å². The fourth-order valence-corrected chi connectivity index (χ4v) is 1.38. The van der Waals surface area contributed by atoms with Crippen molar-refractivity contribution in [3.63, 3.8) is 0 Å². The number of aromatic nitrogens is 2. The summed E-state index contributed by atoms with van der Waals surface area (Å²) in [6.07, 6.45) is 5.46. The minimum atomic E-state index is 0.638. The SMILES string of the molecule is C[N-]c1ccc(OCCn2ccnc2)cc1. The second kappa shape index (κ2) is 5.21. The van der Waals surface area contributed by atoms with Gasteiger partial charge in [0.25, 0.3) is 0 Å². The van der Waals surface area contributed by atoms with E-state index >= 15 is 0 Å². The van der Waals surface area contributed by atoms with E-state index in [-0.39, 0.29) is 0 Å². The van der Waals surface area contributed by atoms with E-state index < -0.39 is 0 Å². The Kier molecular flexibility index (Phi) is 3.43. The van der Waals surface area contributed by atoms with E-state index in [2.05, 4.69) is 10.3 Å². The fourth-order valence-electron chi connectivity index (χ4n) is 1.38. The van der Waals surface area contributed by atoms with E-state index in [9.17, 15) is 0 Å². The maximum absolute atomic E-state index is 5.59. The summed E-state index contributed by atoms with van der Waals surface area (Å²) in [6, 6.07) is 7.73. The Balaban J connectivity index is 1.81. The van der Waals surface area contributed by atoms with E-state index in [4.69, 9.17) is 4.74 Å². The lowest BCUT2D eigenvalue weighted by molar-refractivity contribution is 0.298. The lowest BCUT2D eigenvalue weighted by Gasteiger charge is -2.14. The molecule has 0 fully saturated rings. The van der Waals surface area contributed by atoms with Gasteiger partial charge in [0.15, 0.2) is 0 Å². The number of benzene rings is 1. The minimum absolute atomic E-state index is 0.638. The van der Waals surface area contributed by atoms with Crippen LogP contribution in [0.4, 0.5) is 5.69 Å². The predicted octanol–water partition coefficient (Wildman–Crippen LogP) is 2.60. The minimum Gasteiger partial charge on any atom is -0.687 e. The zero-order chi connectivity index (χ0) is 11.2. The molecule has 0 radical (unpaired) electrons. The van der Waals surface area contributed by atoms with Crippen LogP contribution in [-0.2, 0) is 6.54 Å². The number of nitrogens with zero attached hydrogens (tertiary/aromatic N) is 3. The number of hydrogen-bond donors (Lipinski definition) is 0. The van der Waals surface area contributed by atoms with Gasteiger partial charge in [0, 0.05) is 12.4 Å². The van der Waals surface area contributed by atoms with Crippen molar-refractivity contribution in [3.8, 4) is 5.75 Å². The quantitative estimate of drug-likeness (QED) is 0.770. The van der Waals surface area contributed by atoms with Gasteiger partial charge in [-0.25, -0.2) is 4.98 Å². The number of hydrogen-bond acceptors (Lipinski definition) is 2. The van der Waals surface area contributed by atoms with E-state index in [0.29, 0.717) is 6.61 Å². The smallest absolute Gasteiger partial charge is 0.119 e. The van der Waals surface area contributed by atoms with Crippen LogP contribution >= 0.6 is 0 Å². The van der Waals surface area contributed by atoms with Crippen LogP contribution in [0, 0.1) is 0 Å². The molecule has 16 heavy (non-hydrogen) atoms. The highest BCUT2D eigenvalue weighted by molar-refractivity contribution is 5.49. The molecule has 1 aromatic heterocycles. The zero-order valence-electron chi connectivity index (χ0n) is 9.21. The Hall–Kier alpha value is -1.97. The first-order valence-corrected chi connectivity index (χ1v) is 5.17. The fraction of sp³-hybridized carbons (Fsp3) is 0.250. The van der Waals surface area contributed by atoms with Gasteiger partial charge in [-0.05, 0) is 12.1 Å². The molecule has 0 bridgehead atoms. The second-order valence-electron chi connectivity index (χ2n) is 3.37. The molecule has 0 unspecified atom stereocenters. The van der Waals surface area contributed by atoms with Gasteiger partial charge in [0.2, 0.25) is 0 Å². The van der Waals surface area contributed by atoms with Crippen LogP contribution in [0.5, 0.6) is 5.75 Å². The van der Waals surface area contributed by atoms with Gasteiger partial charge in [0.05, 0.1) is 12.9 Å². The second-order valence-corrected chi connectivity index (χ2v) is 3.37. The molecule has 0 aliphatic heterocycles. The van der Waals surface area contributed by atoms with Crippen LogP contribution in [0.25, 0.3) is 5.32 Å². The molecule has 4 heteroatoms. The van der Waals surface area contributed by atoms with Crippen LogP contribution in [0.3, 0.4) is 0 Å². The summed E-state index contributed by atoms with van der Waals surface area (Å²) in [4.78, 5) is 3.97. The third-order valence-corrected chi connectivity index (χ3v) is 2.27. The molecule has 0 amide bonds. The topological polar surface area (TPSA) is 41.2 Å². The molecule has 2 aromatic rings. The molecule has 4 nitrogen and oxygen atoms in total. The third kappa shape index (κ3) is 2.76. The van der Waals surface area contributed by atoms with E-state index in [1.54, 1.807) is 19.6 Å². The standard InChI is InChI=1S/C12H14N3O/c1-13-11-2-4-12(5-3-11)16-9-8-15-7-6-14-10-15/h2-7,10H,8-9H2,1H3/q-1. The maximum atomic E-state index is 5.59. The Morgan fingerprint density at radius 1 is 1.31 bits per heavy atom. The monoisotopic (exact) mass is 216 g/mol. The molecule has 0 saturated carbocycles. The van der Waals surface area contributed by atoms with Crippen molar-refractivity contribution in [1.29, 1.82) is 0 Å². The van der Waals surface area contributed by atoms with Crippen LogP contribution in [0.15, 0.2) is 43.0 Å². The lowest BCUT2D eigenvalue weighted by atomic mass is 10.3. The Morgan fingerprint density at radius 2 is 2.12 bits per heavy atom. The summed E-state index contributed by atoms with van der Waals surface area (Å²) in [6.45, 7) is 1.44. The average molecular weight is 216 g/mol. The van der Waals surface area contributed by atoms with Gasteiger partial charge >= 0.3 is 0 Å². The molecule has 2 rings (SSSR count). The number of rotatable bonds is 5. The van der Waals surface area contributed by atoms with Gasteiger partial charge in [0.1, 0.15) is 12.4 Å². The van der Waals surface area contributed by atoms with E-state index in [1.807, 2.05) is 35.0 Å². The Morgan fingerprint density at radius 3 is 2.75 bits per heavy atom. The first-order valence-electron chi connectivity index (χ1n) is 5.17. The molecular weight excluding hydrogens is 202 g/mol. The van der Waals surface area contributed by atoms with Crippen molar-refractivity contribution in [2.75, 3.05) is 13.7 Å². The van der Waals surface area contributed by atoms with Crippen LogP contribution in [-0.4, -0.2) is 23.2 Å². The summed E-state index contributed by atoms with van der Waals surface area (Å²) in [5, 5.41) is 4.06. The highest BCUT2D eigenvalue weighted by Gasteiger charge is 1.93. The number of ether oxygens (including phenoxy) is 1. The normalized spacial score (nSPS) is 10.1. The summed E-state index contributed by atoms with van der Waals surface area (Å²) >= 11 is 0. The summed E-state index contributed by atoms with van der Waals surface area (Å²) < 4.78 is 7.57. The van der Waals surface area contributed by atoms with Crippen LogP contribution in [0.2, 0.25) is 0 Å². The average Bonchev–Trinajstić information content (AvgIpc) is 2.83. The van der Waals surface area contributed by atoms with Crippen molar-refractivity contribution in [1.82, 2.24) is 9.55 Å². The van der Waals surface area contributed by atoms with Gasteiger partial charge < -0.3 is 14.6 Å². The molecule has 0 atom stereocenters. The lowest BCUT2D eigenvalue weighted by Crippen LogP contribution is -2.06. The molecule has 0 N–H and O–H groups in total. The zero-order valence-corrected chi connectivity index (χ0v) is 9.21. The summed E-state index contributed by atoms with van der Waals surface area (Å²) in [7, 11) is 1.77. The molecule has 0 saturated heterocycles. The highest BCUT2D eigenvalue weighted by Crippen LogP contribution is 2.19. The molecule has 0 aliphatic rings. The maximum Gasteiger partial charge on any atom is 0.119 e. The molecular formula is C12H14N3O-. The summed E-state index contributed by atoms with van der Waals surface area (Å²) in [5.41, 5.74) is 0.960. The van der Waals surface area contributed by atoms with Gasteiger partial charge in [-0.15, -0.1) is 12.7 Å². The van der Waals surface area contributed by atoms with Crippen LogP contribution < -0.4 is 4.74 Å². The van der Waals surface area contributed by atoms with Gasteiger partial charge in [-0.2, -0.15) is 0 Å². The van der Waals surface area contributed by atoms with Gasteiger partial charge in [-0.1, -0.05) is 12.1 Å². The van der Waals surface area contributed by atoms with E-state index in [0.717, 1.165) is 18.0 Å². The highest BCUT2D eigenvalue weighted by atomic mass is 16.5. The molecule has 1 aromatic carbocycles. The largest absolute Gasteiger partial charge is 0.687 e. The molecule has 0 aliphatic carbocycles. The first-order chi connectivity index (χ1) is 7.88. The third-order valence-electron chi connectivity index (χ3n) is 2.27. The Bertz CT molecular complexity index is 408. The van der Waals surface area contributed by atoms with E-state index in [1.165, 1.54) is 0 Å². The van der Waals surface area contributed by atoms with Crippen LogP contribution in [0.1, 0.15) is 0 Å². The number of imidazole rings is 1. The first kappa shape index (κ1) is 10.5. The Labute approximate surface area is 94.9 Å². The van der Waals surface area contributed by atoms with Crippen molar-refractivity contribution >= 4 is 5.69 Å². The molecule has 0 spiro atoms.